The summed E-state index contributed by atoms with van der Waals surface area (Å²) < 4.78 is 27.2. The molecule has 5 nitrogen and oxygen atoms in total. The summed E-state index contributed by atoms with van der Waals surface area (Å²) in [6.07, 6.45) is 0. The molecule has 88 valence electrons. The summed E-state index contributed by atoms with van der Waals surface area (Å²) in [4.78, 5) is 11.3. The lowest BCUT2D eigenvalue weighted by Crippen LogP contribution is -2.13. The summed E-state index contributed by atoms with van der Waals surface area (Å²) in [6.45, 7) is 1.94. The molecule has 7 heteroatoms. The number of sulfonamides is 1. The van der Waals surface area contributed by atoms with Crippen LogP contribution in [0.3, 0.4) is 0 Å². The van der Waals surface area contributed by atoms with E-state index < -0.39 is 16.0 Å². The molecule has 1 rings (SSSR count). The molecule has 0 fully saturated rings. The second-order valence-corrected chi connectivity index (χ2v) is 5.29. The zero-order chi connectivity index (χ0) is 12.3. The number of carbonyl (C=O) groups excluding carboxylic acids is 1. The standard InChI is InChI=1S/C9H10BrNO4S/c1-2-15-9(12)6-3-4-8(7(10)5-6)16(11,13)14/h3-5H,2H2,1H3,(H2,11,13,14). The fourth-order valence-electron chi connectivity index (χ4n) is 1.07. The van der Waals surface area contributed by atoms with Gasteiger partial charge in [-0.05, 0) is 41.1 Å². The third-order valence-electron chi connectivity index (χ3n) is 1.75. The summed E-state index contributed by atoms with van der Waals surface area (Å²) in [5, 5.41) is 4.97. The Morgan fingerprint density at radius 1 is 1.50 bits per heavy atom. The minimum Gasteiger partial charge on any atom is -0.462 e. The molecule has 0 bridgehead atoms. The molecule has 0 atom stereocenters. The molecule has 16 heavy (non-hydrogen) atoms. The van der Waals surface area contributed by atoms with Crippen molar-refractivity contribution < 1.29 is 17.9 Å². The van der Waals surface area contributed by atoms with Gasteiger partial charge in [0.05, 0.1) is 17.1 Å². The molecule has 0 heterocycles. The lowest BCUT2D eigenvalue weighted by Gasteiger charge is -2.05. The number of ether oxygens (including phenoxy) is 1. The third kappa shape index (κ3) is 3.03. The van der Waals surface area contributed by atoms with Crippen molar-refractivity contribution in [1.29, 1.82) is 0 Å². The summed E-state index contributed by atoms with van der Waals surface area (Å²) in [5.41, 5.74) is 0.265. The van der Waals surface area contributed by atoms with Gasteiger partial charge in [0.1, 0.15) is 0 Å². The molecule has 0 aliphatic heterocycles. The van der Waals surface area contributed by atoms with Crippen molar-refractivity contribution in [2.24, 2.45) is 5.14 Å². The monoisotopic (exact) mass is 307 g/mol. The maximum Gasteiger partial charge on any atom is 0.338 e. The molecule has 0 saturated carbocycles. The quantitative estimate of drug-likeness (QED) is 0.852. The second kappa shape index (κ2) is 4.94. The Balaban J connectivity index is 3.14. The van der Waals surface area contributed by atoms with Crippen LogP contribution in [-0.2, 0) is 14.8 Å². The van der Waals surface area contributed by atoms with Crippen molar-refractivity contribution in [3.63, 3.8) is 0 Å². The number of carbonyl (C=O) groups is 1. The van der Waals surface area contributed by atoms with Crippen molar-refractivity contribution in [2.75, 3.05) is 6.61 Å². The van der Waals surface area contributed by atoms with E-state index in [2.05, 4.69) is 15.9 Å². The fraction of sp³-hybridized carbons (Fsp3) is 0.222. The van der Waals surface area contributed by atoms with Gasteiger partial charge in [0.2, 0.25) is 10.0 Å². The van der Waals surface area contributed by atoms with Crippen molar-refractivity contribution in [3.05, 3.63) is 28.2 Å². The van der Waals surface area contributed by atoms with Crippen LogP contribution in [0.15, 0.2) is 27.6 Å². The molecule has 0 aromatic heterocycles. The van der Waals surface area contributed by atoms with E-state index in [9.17, 15) is 13.2 Å². The van der Waals surface area contributed by atoms with Crippen LogP contribution in [0, 0.1) is 0 Å². The van der Waals surface area contributed by atoms with E-state index in [1.165, 1.54) is 18.2 Å². The van der Waals surface area contributed by atoms with Crippen LogP contribution in [0.5, 0.6) is 0 Å². The summed E-state index contributed by atoms with van der Waals surface area (Å²) in [7, 11) is -3.79. The molecule has 0 aliphatic carbocycles. The Hall–Kier alpha value is -0.920. The Kier molecular flexibility index (Phi) is 4.06. The van der Waals surface area contributed by atoms with Crippen LogP contribution in [0.2, 0.25) is 0 Å². The van der Waals surface area contributed by atoms with Crippen molar-refractivity contribution in [3.8, 4) is 0 Å². The molecule has 1 aromatic carbocycles. The maximum atomic E-state index is 11.3. The average Bonchev–Trinajstić information content (AvgIpc) is 2.16. The molecule has 0 amide bonds. The van der Waals surface area contributed by atoms with E-state index in [1.54, 1.807) is 6.92 Å². The van der Waals surface area contributed by atoms with E-state index in [1.807, 2.05) is 0 Å². The zero-order valence-electron chi connectivity index (χ0n) is 8.44. The predicted molar refractivity (Wildman–Crippen MR) is 61.5 cm³/mol. The van der Waals surface area contributed by atoms with E-state index in [0.717, 1.165) is 0 Å². The first kappa shape index (κ1) is 13.1. The number of benzene rings is 1. The zero-order valence-corrected chi connectivity index (χ0v) is 10.8. The van der Waals surface area contributed by atoms with Crippen molar-refractivity contribution >= 4 is 31.9 Å². The molecule has 2 N–H and O–H groups in total. The van der Waals surface area contributed by atoms with E-state index in [-0.39, 0.29) is 21.5 Å². The highest BCUT2D eigenvalue weighted by Crippen LogP contribution is 2.22. The minimum absolute atomic E-state index is 0.0689. The molecule has 0 unspecified atom stereocenters. The molecule has 0 saturated heterocycles. The van der Waals surface area contributed by atoms with Crippen molar-refractivity contribution in [2.45, 2.75) is 11.8 Å². The number of hydrogen-bond acceptors (Lipinski definition) is 4. The lowest BCUT2D eigenvalue weighted by molar-refractivity contribution is 0.0526. The van der Waals surface area contributed by atoms with Crippen LogP contribution >= 0.6 is 15.9 Å². The SMILES string of the molecule is CCOC(=O)c1ccc(S(N)(=O)=O)c(Br)c1. The van der Waals surface area contributed by atoms with Crippen LogP contribution in [0.25, 0.3) is 0 Å². The highest BCUT2D eigenvalue weighted by Gasteiger charge is 2.15. The highest BCUT2D eigenvalue weighted by atomic mass is 79.9. The molecule has 0 spiro atoms. The number of esters is 1. The smallest absolute Gasteiger partial charge is 0.338 e. The van der Waals surface area contributed by atoms with Gasteiger partial charge in [-0.1, -0.05) is 0 Å². The normalized spacial score (nSPS) is 11.2. The first-order valence-corrected chi connectivity index (χ1v) is 6.69. The van der Waals surface area contributed by atoms with Crippen LogP contribution in [0.1, 0.15) is 17.3 Å². The van der Waals surface area contributed by atoms with Gasteiger partial charge in [0, 0.05) is 4.47 Å². The van der Waals surface area contributed by atoms with Crippen molar-refractivity contribution in [1.82, 2.24) is 0 Å². The van der Waals surface area contributed by atoms with E-state index in [4.69, 9.17) is 9.88 Å². The average molecular weight is 308 g/mol. The molecule has 0 aliphatic rings. The molecular weight excluding hydrogens is 298 g/mol. The predicted octanol–water partition coefficient (Wildman–Crippen LogP) is 1.27. The first-order valence-electron chi connectivity index (χ1n) is 4.35. The molecule has 0 radical (unpaired) electrons. The van der Waals surface area contributed by atoms with Gasteiger partial charge in [-0.2, -0.15) is 0 Å². The first-order chi connectivity index (χ1) is 7.36. The number of primary sulfonamides is 1. The Morgan fingerprint density at radius 3 is 2.56 bits per heavy atom. The largest absolute Gasteiger partial charge is 0.462 e. The minimum atomic E-state index is -3.79. The van der Waals surface area contributed by atoms with Gasteiger partial charge in [-0.25, -0.2) is 18.4 Å². The van der Waals surface area contributed by atoms with Gasteiger partial charge in [-0.3, -0.25) is 0 Å². The van der Waals surface area contributed by atoms with Crippen LogP contribution in [0.4, 0.5) is 0 Å². The lowest BCUT2D eigenvalue weighted by atomic mass is 10.2. The van der Waals surface area contributed by atoms with Crippen LogP contribution in [-0.4, -0.2) is 21.0 Å². The molecular formula is C9H10BrNO4S. The third-order valence-corrected chi connectivity index (χ3v) is 3.64. The number of rotatable bonds is 3. The number of hydrogen-bond donors (Lipinski definition) is 1. The van der Waals surface area contributed by atoms with Gasteiger partial charge in [-0.15, -0.1) is 0 Å². The maximum absolute atomic E-state index is 11.3. The second-order valence-electron chi connectivity index (χ2n) is 2.91. The summed E-state index contributed by atoms with van der Waals surface area (Å²) in [6, 6.07) is 3.96. The van der Waals surface area contributed by atoms with Gasteiger partial charge in [0.25, 0.3) is 0 Å². The Morgan fingerprint density at radius 2 is 2.12 bits per heavy atom. The Labute approximate surface area is 102 Å². The van der Waals surface area contributed by atoms with Gasteiger partial charge in [0.15, 0.2) is 0 Å². The van der Waals surface area contributed by atoms with Gasteiger partial charge < -0.3 is 4.74 Å². The number of nitrogens with two attached hydrogens (primary N) is 1. The number of halogens is 1. The fourth-order valence-corrected chi connectivity index (χ4v) is 2.72. The van der Waals surface area contributed by atoms with E-state index >= 15 is 0 Å². The van der Waals surface area contributed by atoms with E-state index in [0.29, 0.717) is 0 Å². The highest BCUT2D eigenvalue weighted by molar-refractivity contribution is 9.10. The summed E-state index contributed by atoms with van der Waals surface area (Å²) >= 11 is 3.04. The molecule has 1 aromatic rings. The van der Waals surface area contributed by atoms with Crippen LogP contribution < -0.4 is 5.14 Å². The topological polar surface area (TPSA) is 86.5 Å². The summed E-state index contributed by atoms with van der Waals surface area (Å²) in [5.74, 6) is -0.510. The Bertz CT molecular complexity index is 512. The van der Waals surface area contributed by atoms with Gasteiger partial charge >= 0.3 is 5.97 Å².